The molecule has 0 fully saturated rings. The van der Waals surface area contributed by atoms with E-state index in [1.165, 1.54) is 5.56 Å². The van der Waals surface area contributed by atoms with Crippen molar-refractivity contribution in [3.63, 3.8) is 0 Å². The van der Waals surface area contributed by atoms with Crippen LogP contribution in [0.2, 0.25) is 0 Å². The molecule has 5 heteroatoms. The van der Waals surface area contributed by atoms with Gasteiger partial charge in [-0.05, 0) is 18.2 Å². The molecule has 0 aliphatic heterocycles. The molecule has 102 valence electrons. The molecule has 0 unspecified atom stereocenters. The molecule has 0 aromatic carbocycles. The first kappa shape index (κ1) is 14.9. The predicted molar refractivity (Wildman–Crippen MR) is 72.8 cm³/mol. The summed E-state index contributed by atoms with van der Waals surface area (Å²) in [5.74, 6) is 0.933. The van der Waals surface area contributed by atoms with Gasteiger partial charge in [0.1, 0.15) is 5.82 Å². The van der Waals surface area contributed by atoms with Crippen LogP contribution in [-0.2, 0) is 11.3 Å². The second-order valence-electron chi connectivity index (χ2n) is 4.06. The quantitative estimate of drug-likeness (QED) is 0.632. The van der Waals surface area contributed by atoms with Crippen molar-refractivity contribution >= 4 is 5.82 Å². The summed E-state index contributed by atoms with van der Waals surface area (Å²) < 4.78 is 5.22. The van der Waals surface area contributed by atoms with E-state index in [-0.39, 0.29) is 6.61 Å². The lowest BCUT2D eigenvalue weighted by atomic mass is 10.3. The first-order valence-electron chi connectivity index (χ1n) is 6.33. The number of hydrogen-bond acceptors (Lipinski definition) is 5. The van der Waals surface area contributed by atoms with Crippen molar-refractivity contribution in [2.45, 2.75) is 13.5 Å². The summed E-state index contributed by atoms with van der Waals surface area (Å²) in [5.41, 5.74) is 1.19. The summed E-state index contributed by atoms with van der Waals surface area (Å²) in [7, 11) is 1.98. The molecule has 0 amide bonds. The standard InChI is InChI=1S/C13H23N3O2/c1-3-14-10-12-4-5-13(15-11-12)16(2)6-8-18-9-7-17/h4-5,11,14,17H,3,6-10H2,1-2H3. The maximum absolute atomic E-state index is 8.59. The zero-order valence-electron chi connectivity index (χ0n) is 11.2. The number of nitrogens with one attached hydrogen (secondary N) is 1. The number of rotatable bonds is 9. The molecule has 1 rings (SSSR count). The maximum Gasteiger partial charge on any atom is 0.128 e. The molecule has 1 aromatic heterocycles. The lowest BCUT2D eigenvalue weighted by Crippen LogP contribution is -2.24. The van der Waals surface area contributed by atoms with E-state index in [9.17, 15) is 0 Å². The molecular formula is C13H23N3O2. The van der Waals surface area contributed by atoms with E-state index < -0.39 is 0 Å². The Kier molecular flexibility index (Phi) is 7.32. The van der Waals surface area contributed by atoms with Crippen molar-refractivity contribution in [2.24, 2.45) is 0 Å². The lowest BCUT2D eigenvalue weighted by Gasteiger charge is -2.18. The summed E-state index contributed by atoms with van der Waals surface area (Å²) in [6.07, 6.45) is 1.89. The minimum Gasteiger partial charge on any atom is -0.394 e. The Hall–Kier alpha value is -1.17. The van der Waals surface area contributed by atoms with E-state index in [0.717, 1.165) is 25.5 Å². The maximum atomic E-state index is 8.59. The fourth-order valence-corrected chi connectivity index (χ4v) is 1.50. The third-order valence-corrected chi connectivity index (χ3v) is 2.59. The number of hydrogen-bond donors (Lipinski definition) is 2. The van der Waals surface area contributed by atoms with Crippen LogP contribution in [0.25, 0.3) is 0 Å². The first-order chi connectivity index (χ1) is 8.77. The lowest BCUT2D eigenvalue weighted by molar-refractivity contribution is 0.0970. The minimum absolute atomic E-state index is 0.0705. The van der Waals surface area contributed by atoms with E-state index in [1.807, 2.05) is 24.2 Å². The van der Waals surface area contributed by atoms with Gasteiger partial charge in [0.25, 0.3) is 0 Å². The van der Waals surface area contributed by atoms with Gasteiger partial charge >= 0.3 is 0 Å². The molecule has 18 heavy (non-hydrogen) atoms. The van der Waals surface area contributed by atoms with Gasteiger partial charge in [-0.2, -0.15) is 0 Å². The summed E-state index contributed by atoms with van der Waals surface area (Å²) in [5, 5.41) is 11.9. The van der Waals surface area contributed by atoms with Crippen molar-refractivity contribution in [3.8, 4) is 0 Å². The van der Waals surface area contributed by atoms with Crippen molar-refractivity contribution in [3.05, 3.63) is 23.9 Å². The van der Waals surface area contributed by atoms with Crippen LogP contribution in [0.15, 0.2) is 18.3 Å². The molecule has 0 spiro atoms. The molecule has 2 N–H and O–H groups in total. The summed E-state index contributed by atoms with van der Waals surface area (Å²) in [6.45, 7) is 5.72. The molecule has 0 radical (unpaired) electrons. The second-order valence-corrected chi connectivity index (χ2v) is 4.06. The van der Waals surface area contributed by atoms with E-state index in [0.29, 0.717) is 13.2 Å². The van der Waals surface area contributed by atoms with Gasteiger partial charge in [0, 0.05) is 26.3 Å². The van der Waals surface area contributed by atoms with Crippen LogP contribution in [0.4, 0.5) is 5.82 Å². The van der Waals surface area contributed by atoms with Crippen LogP contribution in [0.3, 0.4) is 0 Å². The summed E-state index contributed by atoms with van der Waals surface area (Å²) in [6, 6.07) is 4.09. The van der Waals surface area contributed by atoms with Crippen LogP contribution < -0.4 is 10.2 Å². The topological polar surface area (TPSA) is 57.6 Å². The Morgan fingerprint density at radius 3 is 2.83 bits per heavy atom. The Bertz CT molecular complexity index is 317. The zero-order chi connectivity index (χ0) is 13.2. The third kappa shape index (κ3) is 5.44. The molecular weight excluding hydrogens is 230 g/mol. The Morgan fingerprint density at radius 2 is 2.22 bits per heavy atom. The number of pyridine rings is 1. The Labute approximate surface area is 109 Å². The van der Waals surface area contributed by atoms with Crippen LogP contribution in [0.1, 0.15) is 12.5 Å². The molecule has 1 aromatic rings. The van der Waals surface area contributed by atoms with Gasteiger partial charge in [0.15, 0.2) is 0 Å². The number of ether oxygens (including phenoxy) is 1. The smallest absolute Gasteiger partial charge is 0.128 e. The van der Waals surface area contributed by atoms with E-state index >= 15 is 0 Å². The molecule has 0 saturated carbocycles. The molecule has 5 nitrogen and oxygen atoms in total. The van der Waals surface area contributed by atoms with Crippen molar-refractivity contribution < 1.29 is 9.84 Å². The third-order valence-electron chi connectivity index (χ3n) is 2.59. The van der Waals surface area contributed by atoms with Crippen LogP contribution in [0.5, 0.6) is 0 Å². The second kappa shape index (κ2) is 8.85. The van der Waals surface area contributed by atoms with Crippen molar-refractivity contribution in [1.29, 1.82) is 0 Å². The average Bonchev–Trinajstić information content (AvgIpc) is 2.41. The number of anilines is 1. The van der Waals surface area contributed by atoms with Crippen LogP contribution >= 0.6 is 0 Å². The van der Waals surface area contributed by atoms with Gasteiger partial charge in [-0.3, -0.25) is 0 Å². The highest BCUT2D eigenvalue weighted by Gasteiger charge is 2.02. The fourth-order valence-electron chi connectivity index (χ4n) is 1.50. The highest BCUT2D eigenvalue weighted by atomic mass is 16.5. The van der Waals surface area contributed by atoms with Gasteiger partial charge in [-0.1, -0.05) is 13.0 Å². The minimum atomic E-state index is 0.0705. The number of aliphatic hydroxyl groups is 1. The molecule has 0 aliphatic carbocycles. The number of aromatic nitrogens is 1. The fraction of sp³-hybridized carbons (Fsp3) is 0.615. The number of aliphatic hydroxyl groups excluding tert-OH is 1. The van der Waals surface area contributed by atoms with Gasteiger partial charge in [0.2, 0.25) is 0 Å². The van der Waals surface area contributed by atoms with E-state index in [2.05, 4.69) is 23.3 Å². The zero-order valence-corrected chi connectivity index (χ0v) is 11.2. The van der Waals surface area contributed by atoms with E-state index in [4.69, 9.17) is 9.84 Å². The number of nitrogens with zero attached hydrogens (tertiary/aromatic N) is 2. The average molecular weight is 253 g/mol. The van der Waals surface area contributed by atoms with Gasteiger partial charge < -0.3 is 20.1 Å². The summed E-state index contributed by atoms with van der Waals surface area (Å²) >= 11 is 0. The molecule has 1 heterocycles. The van der Waals surface area contributed by atoms with E-state index in [1.54, 1.807) is 0 Å². The SMILES string of the molecule is CCNCc1ccc(N(C)CCOCCO)nc1. The van der Waals surface area contributed by atoms with Crippen LogP contribution in [-0.4, -0.2) is 50.0 Å². The highest BCUT2D eigenvalue weighted by Crippen LogP contribution is 2.09. The summed E-state index contributed by atoms with van der Waals surface area (Å²) in [4.78, 5) is 6.45. The molecule has 0 aliphatic rings. The molecule has 0 saturated heterocycles. The van der Waals surface area contributed by atoms with Gasteiger partial charge in [-0.25, -0.2) is 4.98 Å². The van der Waals surface area contributed by atoms with Gasteiger partial charge in [0.05, 0.1) is 19.8 Å². The van der Waals surface area contributed by atoms with Crippen LogP contribution in [0, 0.1) is 0 Å². The van der Waals surface area contributed by atoms with Crippen molar-refractivity contribution in [1.82, 2.24) is 10.3 Å². The predicted octanol–water partition coefficient (Wildman–Crippen LogP) is 0.636. The molecule has 0 bridgehead atoms. The highest BCUT2D eigenvalue weighted by molar-refractivity contribution is 5.38. The van der Waals surface area contributed by atoms with Gasteiger partial charge in [-0.15, -0.1) is 0 Å². The normalized spacial score (nSPS) is 10.6. The number of likely N-dealkylation sites (N-methyl/N-ethyl adjacent to an activating group) is 1. The first-order valence-corrected chi connectivity index (χ1v) is 6.33. The van der Waals surface area contributed by atoms with Crippen molar-refractivity contribution in [2.75, 3.05) is 44.9 Å². The Balaban J connectivity index is 2.36. The molecule has 0 atom stereocenters. The Morgan fingerprint density at radius 1 is 1.39 bits per heavy atom. The monoisotopic (exact) mass is 253 g/mol. The largest absolute Gasteiger partial charge is 0.394 e.